The van der Waals surface area contributed by atoms with Gasteiger partial charge in [0.1, 0.15) is 0 Å². The monoisotopic (exact) mass is 264 g/mol. The van der Waals surface area contributed by atoms with Gasteiger partial charge in [-0.3, -0.25) is 21.2 Å². The number of nitrogens with one attached hydrogen (secondary N) is 1. The molecule has 0 aliphatic carbocycles. The number of fused-ring (bicyclic) bond motifs is 1. The normalized spacial score (nSPS) is 12.4. The molecule has 0 bridgehead atoms. The van der Waals surface area contributed by atoms with E-state index in [2.05, 4.69) is 21.5 Å². The van der Waals surface area contributed by atoms with Crippen LogP contribution in [0, 0.1) is 0 Å². The minimum absolute atomic E-state index is 0.0366. The number of para-hydroxylation sites is 1. The average molecular weight is 264 g/mol. The van der Waals surface area contributed by atoms with Crippen LogP contribution in [0.2, 0.25) is 0 Å². The summed E-state index contributed by atoms with van der Waals surface area (Å²) in [7, 11) is 0. The van der Waals surface area contributed by atoms with Crippen molar-refractivity contribution in [3.63, 3.8) is 0 Å². The second-order valence-corrected chi connectivity index (χ2v) is 4.70. The fourth-order valence-corrected chi connectivity index (χ4v) is 2.41. The van der Waals surface area contributed by atoms with Crippen LogP contribution < -0.4 is 11.3 Å². The fourth-order valence-electron chi connectivity index (χ4n) is 2.41. The number of hydrogen-bond donors (Lipinski definition) is 2. The van der Waals surface area contributed by atoms with Crippen molar-refractivity contribution in [1.29, 1.82) is 0 Å². The van der Waals surface area contributed by atoms with E-state index in [9.17, 15) is 0 Å². The van der Waals surface area contributed by atoms with E-state index in [0.29, 0.717) is 0 Å². The lowest BCUT2D eigenvalue weighted by molar-refractivity contribution is 0.551. The first-order chi connectivity index (χ1) is 9.88. The quantitative estimate of drug-likeness (QED) is 0.561. The number of hydrogen-bond acceptors (Lipinski definition) is 4. The molecule has 0 radical (unpaired) electrons. The van der Waals surface area contributed by atoms with Crippen molar-refractivity contribution in [1.82, 2.24) is 15.4 Å². The molecule has 0 spiro atoms. The largest absolute Gasteiger partial charge is 0.271 e. The maximum absolute atomic E-state index is 5.70. The first-order valence-corrected chi connectivity index (χ1v) is 6.57. The van der Waals surface area contributed by atoms with Crippen LogP contribution in [0.1, 0.15) is 17.2 Å². The standard InChI is InChI=1S/C16H16N4/c17-20-16(13-4-3-8-18-11-13)10-12-7-9-19-15-6-2-1-5-14(12)15/h1-9,11,16,20H,10,17H2. The van der Waals surface area contributed by atoms with E-state index in [1.165, 1.54) is 10.9 Å². The van der Waals surface area contributed by atoms with Gasteiger partial charge in [0.25, 0.3) is 0 Å². The molecule has 3 rings (SSSR count). The summed E-state index contributed by atoms with van der Waals surface area (Å²) in [6, 6.07) is 14.2. The molecule has 0 saturated heterocycles. The first kappa shape index (κ1) is 12.7. The Bertz CT molecular complexity index is 692. The smallest absolute Gasteiger partial charge is 0.0704 e. The van der Waals surface area contributed by atoms with Crippen LogP contribution in [0.25, 0.3) is 10.9 Å². The van der Waals surface area contributed by atoms with Crippen molar-refractivity contribution in [3.05, 3.63) is 72.2 Å². The summed E-state index contributed by atoms with van der Waals surface area (Å²) in [6.45, 7) is 0. The van der Waals surface area contributed by atoms with Gasteiger partial charge in [0.05, 0.1) is 11.6 Å². The molecule has 2 heterocycles. The molecule has 0 amide bonds. The Morgan fingerprint density at radius 2 is 1.95 bits per heavy atom. The predicted octanol–water partition coefficient (Wildman–Crippen LogP) is 2.38. The molecule has 0 fully saturated rings. The Balaban J connectivity index is 1.96. The maximum Gasteiger partial charge on any atom is 0.0704 e. The zero-order valence-corrected chi connectivity index (χ0v) is 11.0. The van der Waals surface area contributed by atoms with Crippen LogP contribution in [-0.2, 0) is 6.42 Å². The summed E-state index contributed by atoms with van der Waals surface area (Å²) in [5, 5.41) is 1.17. The van der Waals surface area contributed by atoms with Gasteiger partial charge in [-0.2, -0.15) is 0 Å². The highest BCUT2D eigenvalue weighted by Gasteiger charge is 2.12. The molecule has 1 unspecified atom stereocenters. The lowest BCUT2D eigenvalue weighted by Gasteiger charge is -2.17. The zero-order chi connectivity index (χ0) is 13.8. The number of rotatable bonds is 4. The van der Waals surface area contributed by atoms with Crippen LogP contribution in [0.3, 0.4) is 0 Å². The van der Waals surface area contributed by atoms with Crippen LogP contribution in [0.15, 0.2) is 61.1 Å². The highest BCUT2D eigenvalue weighted by molar-refractivity contribution is 5.81. The average Bonchev–Trinajstić information content (AvgIpc) is 2.53. The van der Waals surface area contributed by atoms with Crippen molar-refractivity contribution in [3.8, 4) is 0 Å². The fraction of sp³-hybridized carbons (Fsp3) is 0.125. The molecule has 1 atom stereocenters. The number of hydrazine groups is 1. The van der Waals surface area contributed by atoms with Gasteiger partial charge in [-0.25, -0.2) is 0 Å². The molecule has 1 aromatic carbocycles. The predicted molar refractivity (Wildman–Crippen MR) is 79.7 cm³/mol. The molecule has 0 saturated carbocycles. The van der Waals surface area contributed by atoms with Gasteiger partial charge >= 0.3 is 0 Å². The van der Waals surface area contributed by atoms with Crippen molar-refractivity contribution in [2.75, 3.05) is 0 Å². The van der Waals surface area contributed by atoms with Crippen molar-refractivity contribution in [2.24, 2.45) is 5.84 Å². The summed E-state index contributed by atoms with van der Waals surface area (Å²) < 4.78 is 0. The third kappa shape index (κ3) is 2.52. The summed E-state index contributed by atoms with van der Waals surface area (Å²) in [5.74, 6) is 5.70. The van der Waals surface area contributed by atoms with Gasteiger partial charge < -0.3 is 0 Å². The van der Waals surface area contributed by atoms with E-state index in [4.69, 9.17) is 5.84 Å². The van der Waals surface area contributed by atoms with E-state index in [-0.39, 0.29) is 6.04 Å². The van der Waals surface area contributed by atoms with Crippen molar-refractivity contribution in [2.45, 2.75) is 12.5 Å². The lowest BCUT2D eigenvalue weighted by atomic mass is 9.98. The van der Waals surface area contributed by atoms with Crippen LogP contribution in [-0.4, -0.2) is 9.97 Å². The highest BCUT2D eigenvalue weighted by atomic mass is 15.2. The molecule has 4 nitrogen and oxygen atoms in total. The molecule has 0 aliphatic heterocycles. The zero-order valence-electron chi connectivity index (χ0n) is 11.0. The maximum atomic E-state index is 5.70. The summed E-state index contributed by atoms with van der Waals surface area (Å²) in [5.41, 5.74) is 6.18. The second-order valence-electron chi connectivity index (χ2n) is 4.70. The number of aromatic nitrogens is 2. The molecule has 4 heteroatoms. The molecule has 0 aliphatic rings. The summed E-state index contributed by atoms with van der Waals surface area (Å²) in [6.07, 6.45) is 6.24. The molecule has 20 heavy (non-hydrogen) atoms. The highest BCUT2D eigenvalue weighted by Crippen LogP contribution is 2.22. The van der Waals surface area contributed by atoms with Gasteiger partial charge in [-0.15, -0.1) is 0 Å². The number of benzene rings is 1. The summed E-state index contributed by atoms with van der Waals surface area (Å²) in [4.78, 5) is 8.53. The van der Waals surface area contributed by atoms with E-state index in [1.807, 2.05) is 48.8 Å². The molecule has 3 aromatic rings. The minimum Gasteiger partial charge on any atom is -0.271 e. The molecular formula is C16H16N4. The third-order valence-electron chi connectivity index (χ3n) is 3.45. The second kappa shape index (κ2) is 5.77. The van der Waals surface area contributed by atoms with Crippen molar-refractivity contribution < 1.29 is 0 Å². The van der Waals surface area contributed by atoms with Gasteiger partial charge in [-0.05, 0) is 35.7 Å². The first-order valence-electron chi connectivity index (χ1n) is 6.57. The number of nitrogens with zero attached hydrogens (tertiary/aromatic N) is 2. The Labute approximate surface area is 117 Å². The van der Waals surface area contributed by atoms with Gasteiger partial charge in [0, 0.05) is 24.0 Å². The van der Waals surface area contributed by atoms with Crippen LogP contribution in [0.5, 0.6) is 0 Å². The van der Waals surface area contributed by atoms with Crippen molar-refractivity contribution >= 4 is 10.9 Å². The SMILES string of the molecule is NNC(Cc1ccnc2ccccc12)c1cccnc1. The number of pyridine rings is 2. The van der Waals surface area contributed by atoms with Crippen LogP contribution in [0.4, 0.5) is 0 Å². The summed E-state index contributed by atoms with van der Waals surface area (Å²) >= 11 is 0. The van der Waals surface area contributed by atoms with E-state index in [1.54, 1.807) is 6.20 Å². The third-order valence-corrected chi connectivity index (χ3v) is 3.45. The van der Waals surface area contributed by atoms with E-state index in [0.717, 1.165) is 17.5 Å². The van der Waals surface area contributed by atoms with E-state index >= 15 is 0 Å². The topological polar surface area (TPSA) is 63.8 Å². The Morgan fingerprint density at radius 3 is 2.75 bits per heavy atom. The van der Waals surface area contributed by atoms with E-state index < -0.39 is 0 Å². The van der Waals surface area contributed by atoms with Gasteiger partial charge in [0.15, 0.2) is 0 Å². The minimum atomic E-state index is 0.0366. The Morgan fingerprint density at radius 1 is 1.05 bits per heavy atom. The lowest BCUT2D eigenvalue weighted by Crippen LogP contribution is -2.29. The molecule has 2 aromatic heterocycles. The Kier molecular flexibility index (Phi) is 3.67. The number of nitrogens with two attached hydrogens (primary N) is 1. The molecule has 100 valence electrons. The van der Waals surface area contributed by atoms with Gasteiger partial charge in [-0.1, -0.05) is 24.3 Å². The molecular weight excluding hydrogens is 248 g/mol. The molecule has 3 N–H and O–H groups in total. The van der Waals surface area contributed by atoms with Gasteiger partial charge in [0.2, 0.25) is 0 Å². The van der Waals surface area contributed by atoms with Crippen LogP contribution >= 0.6 is 0 Å². The Hall–Kier alpha value is -2.30.